The maximum atomic E-state index is 13.2. The van der Waals surface area contributed by atoms with Crippen molar-refractivity contribution in [1.29, 1.82) is 10.5 Å². The molecule has 0 bridgehead atoms. The first-order valence-electron chi connectivity index (χ1n) is 10.8. The van der Waals surface area contributed by atoms with Gasteiger partial charge >= 0.3 is 5.97 Å². The molecule has 7 nitrogen and oxygen atoms in total. The van der Waals surface area contributed by atoms with Crippen molar-refractivity contribution in [3.8, 4) is 12.1 Å². The smallest absolute Gasteiger partial charge is 0.338 e. The van der Waals surface area contributed by atoms with Gasteiger partial charge in [-0.15, -0.1) is 0 Å². The van der Waals surface area contributed by atoms with Crippen LogP contribution in [0.3, 0.4) is 0 Å². The van der Waals surface area contributed by atoms with E-state index in [4.69, 9.17) is 15.2 Å². The van der Waals surface area contributed by atoms with Crippen molar-refractivity contribution in [2.75, 3.05) is 5.75 Å². The SMILES string of the molecule is Cc1nc(SCC2=C(C(=O)OC(C)C)[C@@H](c3ccccc3)C(C#N)=C(N)O2)c(C#N)c(C)c1C. The Kier molecular flexibility index (Phi) is 7.65. The van der Waals surface area contributed by atoms with Gasteiger partial charge in [-0.1, -0.05) is 42.1 Å². The van der Waals surface area contributed by atoms with E-state index in [2.05, 4.69) is 17.1 Å². The minimum atomic E-state index is -0.730. The van der Waals surface area contributed by atoms with E-state index in [1.165, 1.54) is 11.8 Å². The number of esters is 1. The topological polar surface area (TPSA) is 122 Å². The predicted octanol–water partition coefficient (Wildman–Crippen LogP) is 4.68. The standard InChI is InChI=1S/C26H26N4O3S/c1-14(2)32-26(31)23-21(13-34-25-19(11-27)16(4)15(3)17(5)30-25)33-24(29)20(12-28)22(23)18-9-7-6-8-10-18/h6-10,14,22H,13,29H2,1-5H3/t22-/m0/s1. The average Bonchev–Trinajstić information content (AvgIpc) is 2.80. The average molecular weight is 475 g/mol. The molecule has 0 aliphatic carbocycles. The third kappa shape index (κ3) is 4.93. The molecule has 0 unspecified atom stereocenters. The molecule has 1 aliphatic heterocycles. The quantitative estimate of drug-likeness (QED) is 0.473. The number of benzene rings is 1. The number of pyridine rings is 1. The number of nitriles is 2. The number of ether oxygens (including phenoxy) is 2. The van der Waals surface area contributed by atoms with Gasteiger partial charge in [-0.25, -0.2) is 9.78 Å². The van der Waals surface area contributed by atoms with Crippen LogP contribution in [0, 0.1) is 43.4 Å². The van der Waals surface area contributed by atoms with Crippen molar-refractivity contribution >= 4 is 17.7 Å². The highest BCUT2D eigenvalue weighted by atomic mass is 32.2. The second-order valence-electron chi connectivity index (χ2n) is 8.15. The summed E-state index contributed by atoms with van der Waals surface area (Å²) in [6.07, 6.45) is -0.367. The molecular weight excluding hydrogens is 448 g/mol. The molecule has 8 heteroatoms. The second-order valence-corrected chi connectivity index (χ2v) is 9.12. The Labute approximate surface area is 203 Å². The molecule has 0 spiro atoms. The van der Waals surface area contributed by atoms with E-state index in [1.807, 2.05) is 51.1 Å². The van der Waals surface area contributed by atoms with Crippen molar-refractivity contribution in [1.82, 2.24) is 4.98 Å². The van der Waals surface area contributed by atoms with Gasteiger partial charge in [0.05, 0.1) is 28.9 Å². The number of hydrogen-bond donors (Lipinski definition) is 1. The molecule has 2 aromatic rings. The number of hydrogen-bond acceptors (Lipinski definition) is 8. The molecule has 0 radical (unpaired) electrons. The van der Waals surface area contributed by atoms with Crippen molar-refractivity contribution < 1.29 is 14.3 Å². The van der Waals surface area contributed by atoms with E-state index in [1.54, 1.807) is 13.8 Å². The lowest BCUT2D eigenvalue weighted by molar-refractivity contribution is -0.143. The highest BCUT2D eigenvalue weighted by Gasteiger charge is 2.38. The van der Waals surface area contributed by atoms with E-state index < -0.39 is 11.9 Å². The lowest BCUT2D eigenvalue weighted by Crippen LogP contribution is -2.28. The number of carbonyl (C=O) groups is 1. The fraction of sp³-hybridized carbons (Fsp3) is 0.308. The first-order chi connectivity index (χ1) is 16.2. The summed E-state index contributed by atoms with van der Waals surface area (Å²) in [5.41, 5.74) is 10.4. The molecular formula is C26H26N4O3S. The summed E-state index contributed by atoms with van der Waals surface area (Å²) in [5.74, 6) is -0.911. The van der Waals surface area contributed by atoms with E-state index in [-0.39, 0.29) is 34.6 Å². The largest absolute Gasteiger partial charge is 0.459 e. The molecule has 34 heavy (non-hydrogen) atoms. The van der Waals surface area contributed by atoms with Gasteiger partial charge in [0.2, 0.25) is 5.88 Å². The Morgan fingerprint density at radius 1 is 1.18 bits per heavy atom. The number of aryl methyl sites for hydroxylation is 1. The number of aromatic nitrogens is 1. The fourth-order valence-corrected chi connectivity index (χ4v) is 4.71. The maximum absolute atomic E-state index is 13.2. The number of carbonyl (C=O) groups excluding carboxylic acids is 1. The Hall–Kier alpha value is -3.75. The highest BCUT2D eigenvalue weighted by molar-refractivity contribution is 7.99. The third-order valence-corrected chi connectivity index (χ3v) is 6.58. The van der Waals surface area contributed by atoms with Gasteiger partial charge in [0, 0.05) is 5.69 Å². The van der Waals surface area contributed by atoms with Gasteiger partial charge in [0.1, 0.15) is 28.5 Å². The Bertz CT molecular complexity index is 1270. The third-order valence-electron chi connectivity index (χ3n) is 5.61. The Balaban J connectivity index is 2.12. The molecule has 174 valence electrons. The normalized spacial score (nSPS) is 15.6. The van der Waals surface area contributed by atoms with Gasteiger partial charge in [-0.05, 0) is 51.3 Å². The maximum Gasteiger partial charge on any atom is 0.338 e. The molecule has 0 amide bonds. The minimum absolute atomic E-state index is 0.0576. The zero-order chi connectivity index (χ0) is 25.0. The zero-order valence-corrected chi connectivity index (χ0v) is 20.6. The van der Waals surface area contributed by atoms with Gasteiger partial charge < -0.3 is 15.2 Å². The Morgan fingerprint density at radius 2 is 1.85 bits per heavy atom. The lowest BCUT2D eigenvalue weighted by atomic mass is 9.83. The van der Waals surface area contributed by atoms with Crippen molar-refractivity contribution in [2.24, 2.45) is 5.73 Å². The van der Waals surface area contributed by atoms with Crippen molar-refractivity contribution in [3.05, 3.63) is 81.1 Å². The fourth-order valence-electron chi connectivity index (χ4n) is 3.69. The second kappa shape index (κ2) is 10.5. The number of thioether (sulfide) groups is 1. The molecule has 1 aromatic heterocycles. The van der Waals surface area contributed by atoms with Crippen LogP contribution in [-0.4, -0.2) is 22.8 Å². The monoisotopic (exact) mass is 474 g/mol. The lowest BCUT2D eigenvalue weighted by Gasteiger charge is -2.28. The van der Waals surface area contributed by atoms with E-state index >= 15 is 0 Å². The first-order valence-corrected chi connectivity index (χ1v) is 11.7. The zero-order valence-electron chi connectivity index (χ0n) is 19.8. The number of nitrogens with two attached hydrogens (primary N) is 1. The van der Waals surface area contributed by atoms with Gasteiger partial charge in [0.15, 0.2) is 0 Å². The number of rotatable bonds is 6. The first kappa shape index (κ1) is 24.9. The predicted molar refractivity (Wildman–Crippen MR) is 129 cm³/mol. The van der Waals surface area contributed by atoms with Crippen LogP contribution >= 0.6 is 11.8 Å². The molecule has 1 atom stereocenters. The highest BCUT2D eigenvalue weighted by Crippen LogP contribution is 2.41. The summed E-state index contributed by atoms with van der Waals surface area (Å²) in [7, 11) is 0. The van der Waals surface area contributed by atoms with Crippen LogP contribution in [0.15, 0.2) is 58.1 Å². The molecule has 1 aliphatic rings. The summed E-state index contributed by atoms with van der Waals surface area (Å²) in [4.78, 5) is 17.8. The van der Waals surface area contributed by atoms with Crippen LogP contribution in [0.5, 0.6) is 0 Å². The van der Waals surface area contributed by atoms with Crippen LogP contribution in [-0.2, 0) is 14.3 Å². The van der Waals surface area contributed by atoms with Gasteiger partial charge in [0.25, 0.3) is 0 Å². The minimum Gasteiger partial charge on any atom is -0.459 e. The molecule has 1 aromatic carbocycles. The van der Waals surface area contributed by atoms with Crippen LogP contribution in [0.1, 0.15) is 47.7 Å². The van der Waals surface area contributed by atoms with E-state index in [0.29, 0.717) is 10.6 Å². The van der Waals surface area contributed by atoms with Crippen LogP contribution in [0.4, 0.5) is 0 Å². The summed E-state index contributed by atoms with van der Waals surface area (Å²) in [6, 6.07) is 13.5. The Morgan fingerprint density at radius 3 is 2.44 bits per heavy atom. The van der Waals surface area contributed by atoms with Crippen molar-refractivity contribution in [2.45, 2.75) is 51.7 Å². The van der Waals surface area contributed by atoms with Crippen LogP contribution < -0.4 is 5.73 Å². The summed E-state index contributed by atoms with van der Waals surface area (Å²) < 4.78 is 11.3. The van der Waals surface area contributed by atoms with Gasteiger partial charge in [-0.3, -0.25) is 0 Å². The van der Waals surface area contributed by atoms with Crippen molar-refractivity contribution in [3.63, 3.8) is 0 Å². The molecule has 0 fully saturated rings. The molecule has 0 saturated heterocycles. The molecule has 2 N–H and O–H groups in total. The summed E-state index contributed by atoms with van der Waals surface area (Å²) in [6.45, 7) is 9.22. The van der Waals surface area contributed by atoms with Gasteiger partial charge in [-0.2, -0.15) is 10.5 Å². The molecule has 0 saturated carbocycles. The number of nitrogens with zero attached hydrogens (tertiary/aromatic N) is 3. The summed E-state index contributed by atoms with van der Waals surface area (Å²) >= 11 is 1.28. The molecule has 2 heterocycles. The van der Waals surface area contributed by atoms with Crippen LogP contribution in [0.2, 0.25) is 0 Å². The summed E-state index contributed by atoms with van der Waals surface area (Å²) in [5, 5.41) is 20.1. The van der Waals surface area contributed by atoms with E-state index in [0.717, 1.165) is 22.4 Å². The van der Waals surface area contributed by atoms with Crippen LogP contribution in [0.25, 0.3) is 0 Å². The van der Waals surface area contributed by atoms with E-state index in [9.17, 15) is 15.3 Å². The number of allylic oxidation sites excluding steroid dienone is 1. The molecule has 3 rings (SSSR count).